The summed E-state index contributed by atoms with van der Waals surface area (Å²) in [5, 5.41) is 8.22. The van der Waals surface area contributed by atoms with Crippen molar-refractivity contribution >= 4 is 33.3 Å². The van der Waals surface area contributed by atoms with E-state index < -0.39 is 5.95 Å². The van der Waals surface area contributed by atoms with Crippen molar-refractivity contribution in [2.45, 2.75) is 39.0 Å². The zero-order valence-electron chi connectivity index (χ0n) is 15.8. The van der Waals surface area contributed by atoms with Crippen LogP contribution in [0.2, 0.25) is 0 Å². The van der Waals surface area contributed by atoms with Gasteiger partial charge in [-0.25, -0.2) is 4.98 Å². The molecule has 3 aromatic heterocycles. The number of pyridine rings is 1. The lowest BCUT2D eigenvalue weighted by Crippen LogP contribution is -2.28. The number of amides is 1. The van der Waals surface area contributed by atoms with Crippen LogP contribution in [0.1, 0.15) is 25.1 Å². The van der Waals surface area contributed by atoms with E-state index in [1.54, 1.807) is 10.9 Å². The first kappa shape index (κ1) is 18.8. The summed E-state index contributed by atoms with van der Waals surface area (Å²) in [5.74, 6) is -0.279. The second-order valence-corrected chi connectivity index (χ2v) is 8.11. The van der Waals surface area contributed by atoms with Gasteiger partial charge in [-0.1, -0.05) is 11.3 Å². The molecular formula is C18H21FN6O2S. The van der Waals surface area contributed by atoms with Crippen LogP contribution < -0.4 is 10.1 Å². The van der Waals surface area contributed by atoms with Crippen LogP contribution in [-0.4, -0.2) is 49.2 Å². The Hall–Kier alpha value is -2.59. The first-order chi connectivity index (χ1) is 13.4. The van der Waals surface area contributed by atoms with Crippen LogP contribution in [0.4, 0.5) is 9.52 Å². The first-order valence-electron chi connectivity index (χ1n) is 9.01. The molecule has 28 heavy (non-hydrogen) atoms. The predicted octanol–water partition coefficient (Wildman–Crippen LogP) is 2.56. The van der Waals surface area contributed by atoms with E-state index in [0.717, 1.165) is 28.7 Å². The number of aryl methyl sites for hydroxylation is 1. The van der Waals surface area contributed by atoms with Crippen LogP contribution >= 0.6 is 11.3 Å². The highest BCUT2D eigenvalue weighted by atomic mass is 32.1. The second-order valence-electron chi connectivity index (χ2n) is 7.02. The molecule has 2 atom stereocenters. The minimum atomic E-state index is -0.537. The molecule has 4 rings (SSSR count). The van der Waals surface area contributed by atoms with Gasteiger partial charge in [-0.3, -0.25) is 14.4 Å². The monoisotopic (exact) mass is 404 g/mol. The van der Waals surface area contributed by atoms with Gasteiger partial charge in [0.25, 0.3) is 0 Å². The third kappa shape index (κ3) is 3.83. The molecule has 4 heterocycles. The summed E-state index contributed by atoms with van der Waals surface area (Å²) in [6.07, 6.45) is 4.39. The van der Waals surface area contributed by atoms with Gasteiger partial charge in [0.1, 0.15) is 6.10 Å². The Morgan fingerprint density at radius 2 is 2.32 bits per heavy atom. The zero-order valence-corrected chi connectivity index (χ0v) is 16.7. The van der Waals surface area contributed by atoms with Gasteiger partial charge in [0.2, 0.25) is 17.7 Å². The van der Waals surface area contributed by atoms with Crippen LogP contribution in [-0.2, 0) is 18.4 Å². The molecule has 1 saturated heterocycles. The number of halogens is 1. The maximum Gasteiger partial charge on any atom is 0.242 e. The Balaban J connectivity index is 1.45. The fourth-order valence-electron chi connectivity index (χ4n) is 3.46. The van der Waals surface area contributed by atoms with E-state index in [0.29, 0.717) is 23.8 Å². The maximum atomic E-state index is 14.1. The Morgan fingerprint density at radius 1 is 1.50 bits per heavy atom. The molecule has 0 aliphatic carbocycles. The topological polar surface area (TPSA) is 85.2 Å². The highest BCUT2D eigenvalue weighted by Crippen LogP contribution is 2.30. The minimum absolute atomic E-state index is 0.0547. The van der Waals surface area contributed by atoms with E-state index in [4.69, 9.17) is 4.74 Å². The van der Waals surface area contributed by atoms with Gasteiger partial charge in [-0.05, 0) is 13.0 Å². The third-order valence-corrected chi connectivity index (χ3v) is 5.66. The van der Waals surface area contributed by atoms with Crippen molar-refractivity contribution < 1.29 is 13.9 Å². The quantitative estimate of drug-likeness (QED) is 0.704. The van der Waals surface area contributed by atoms with Crippen molar-refractivity contribution in [3.63, 3.8) is 0 Å². The number of anilines is 1. The SMILES string of the molecule is CC(=O)Nc1nc(F)c(CN2C[C@H](Oc3nccc4cn(C)nc34)C[C@@H]2C)s1. The van der Waals surface area contributed by atoms with Crippen molar-refractivity contribution in [2.75, 3.05) is 11.9 Å². The molecule has 0 saturated carbocycles. The van der Waals surface area contributed by atoms with E-state index in [-0.39, 0.29) is 23.2 Å². The number of aromatic nitrogens is 4. The third-order valence-electron chi connectivity index (χ3n) is 4.73. The number of carbonyl (C=O) groups is 1. The highest BCUT2D eigenvalue weighted by molar-refractivity contribution is 7.15. The number of ether oxygens (including phenoxy) is 1. The van der Waals surface area contributed by atoms with Crippen molar-refractivity contribution in [1.82, 2.24) is 24.6 Å². The number of hydrogen-bond acceptors (Lipinski definition) is 7. The molecule has 0 aromatic carbocycles. The Bertz CT molecular complexity index is 1020. The van der Waals surface area contributed by atoms with Gasteiger partial charge in [-0.2, -0.15) is 14.5 Å². The van der Waals surface area contributed by atoms with Crippen molar-refractivity contribution in [3.05, 3.63) is 29.3 Å². The highest BCUT2D eigenvalue weighted by Gasteiger charge is 2.32. The molecule has 0 bridgehead atoms. The molecule has 1 fully saturated rings. The molecule has 1 aliphatic heterocycles. The van der Waals surface area contributed by atoms with Crippen LogP contribution in [0.15, 0.2) is 18.5 Å². The second kappa shape index (κ2) is 7.44. The Labute approximate surface area is 165 Å². The van der Waals surface area contributed by atoms with E-state index in [1.165, 1.54) is 6.92 Å². The van der Waals surface area contributed by atoms with Crippen molar-refractivity contribution in [3.8, 4) is 5.88 Å². The van der Waals surface area contributed by atoms with Gasteiger partial charge in [-0.15, -0.1) is 0 Å². The van der Waals surface area contributed by atoms with Crippen LogP contribution in [0.25, 0.3) is 10.9 Å². The lowest BCUT2D eigenvalue weighted by molar-refractivity contribution is -0.114. The summed E-state index contributed by atoms with van der Waals surface area (Å²) >= 11 is 1.16. The average Bonchev–Trinajstić information content (AvgIpc) is 3.25. The first-order valence-corrected chi connectivity index (χ1v) is 9.82. The van der Waals surface area contributed by atoms with Gasteiger partial charge in [0.05, 0.1) is 4.88 Å². The van der Waals surface area contributed by atoms with Gasteiger partial charge >= 0.3 is 0 Å². The minimum Gasteiger partial charge on any atom is -0.471 e. The fraction of sp³-hybridized carbons (Fsp3) is 0.444. The zero-order chi connectivity index (χ0) is 19.8. The standard InChI is InChI=1S/C18H21FN6O2S/c1-10-6-13(27-17-15-12(4-5-20-17)7-24(3)23-15)8-25(10)9-14-16(19)22-18(28-14)21-11(2)26/h4-5,7,10,13H,6,8-9H2,1-3H3,(H,21,22,26)/t10-,13+/m0/s1. The summed E-state index contributed by atoms with van der Waals surface area (Å²) in [6, 6.07) is 2.12. The molecule has 148 valence electrons. The summed E-state index contributed by atoms with van der Waals surface area (Å²) < 4.78 is 22.0. The number of fused-ring (bicyclic) bond motifs is 1. The van der Waals surface area contributed by atoms with Crippen LogP contribution in [0.3, 0.4) is 0 Å². The molecule has 0 radical (unpaired) electrons. The molecule has 1 aliphatic rings. The summed E-state index contributed by atoms with van der Waals surface area (Å²) in [7, 11) is 1.86. The normalized spacial score (nSPS) is 20.0. The number of rotatable bonds is 5. The molecule has 0 spiro atoms. The predicted molar refractivity (Wildman–Crippen MR) is 104 cm³/mol. The van der Waals surface area contributed by atoms with E-state index in [9.17, 15) is 9.18 Å². The number of nitrogens with zero attached hydrogens (tertiary/aromatic N) is 5. The van der Waals surface area contributed by atoms with E-state index in [1.807, 2.05) is 19.3 Å². The number of carbonyl (C=O) groups excluding carboxylic acids is 1. The van der Waals surface area contributed by atoms with Gasteiger partial charge in [0.15, 0.2) is 10.6 Å². The number of thiazole rings is 1. The largest absolute Gasteiger partial charge is 0.471 e. The molecule has 10 heteroatoms. The lowest BCUT2D eigenvalue weighted by atomic mass is 10.2. The van der Waals surface area contributed by atoms with Crippen LogP contribution in [0, 0.1) is 5.95 Å². The Kier molecular flexibility index (Phi) is 4.98. The molecular weight excluding hydrogens is 383 g/mol. The average molecular weight is 404 g/mol. The fourth-order valence-corrected chi connectivity index (χ4v) is 4.37. The number of nitrogens with one attached hydrogen (secondary N) is 1. The summed E-state index contributed by atoms with van der Waals surface area (Å²) in [5.41, 5.74) is 0.740. The van der Waals surface area contributed by atoms with Crippen molar-refractivity contribution in [2.24, 2.45) is 7.05 Å². The summed E-state index contributed by atoms with van der Waals surface area (Å²) in [4.78, 5) is 21.9. The molecule has 8 nitrogen and oxygen atoms in total. The van der Waals surface area contributed by atoms with Gasteiger partial charge in [0, 0.05) is 57.3 Å². The molecule has 1 N–H and O–H groups in total. The molecule has 0 unspecified atom stereocenters. The number of likely N-dealkylation sites (tertiary alicyclic amines) is 1. The van der Waals surface area contributed by atoms with Crippen molar-refractivity contribution in [1.29, 1.82) is 0 Å². The Morgan fingerprint density at radius 3 is 3.11 bits per heavy atom. The van der Waals surface area contributed by atoms with Crippen LogP contribution in [0.5, 0.6) is 5.88 Å². The smallest absolute Gasteiger partial charge is 0.242 e. The molecule has 3 aromatic rings. The van der Waals surface area contributed by atoms with E-state index >= 15 is 0 Å². The summed E-state index contributed by atoms with van der Waals surface area (Å²) in [6.45, 7) is 4.54. The maximum absolute atomic E-state index is 14.1. The van der Waals surface area contributed by atoms with E-state index in [2.05, 4.69) is 32.2 Å². The molecule has 1 amide bonds. The number of hydrogen-bond donors (Lipinski definition) is 1. The van der Waals surface area contributed by atoms with Gasteiger partial charge < -0.3 is 10.1 Å². The lowest BCUT2D eigenvalue weighted by Gasteiger charge is -2.19.